The van der Waals surface area contributed by atoms with Crippen LogP contribution in [0.5, 0.6) is 0 Å². The highest BCUT2D eigenvalue weighted by atomic mass is 16.2. The fourth-order valence-electron chi connectivity index (χ4n) is 9.92. The zero-order chi connectivity index (χ0) is 50.5. The van der Waals surface area contributed by atoms with Crippen molar-refractivity contribution in [1.29, 1.82) is 0 Å². The van der Waals surface area contributed by atoms with Crippen molar-refractivity contribution < 1.29 is 57.5 Å². The van der Waals surface area contributed by atoms with Crippen LogP contribution >= 0.6 is 0 Å². The Morgan fingerprint density at radius 1 is 0.357 bits per heavy atom. The molecule has 0 spiro atoms. The van der Waals surface area contributed by atoms with Crippen molar-refractivity contribution in [2.24, 2.45) is 47.0 Å². The van der Waals surface area contributed by atoms with Crippen LogP contribution in [0.1, 0.15) is 51.4 Å². The standard InChI is InChI=1S/C45H69N13O12/c46-3-1-2-34(59)28-16-35(60)53(22-28)10-6-49-42(67)30-18-37(62)55(24-30)12-8-51-44(69)32-20-39(64)57(26-32)14-15-58-27-33(21-40(58)65)45(70)52-9-13-56-25-31(19-38(56)63)43(68)50-7-11-54-23-29(17-36(54)61)41(66)48-5-4-47/h28-33H,1-27,46-47H2,(H,48,66)(H,49,67)(H,50,68)(H,51,69)(H,52,70). The Hall–Kier alpha value is -6.24. The molecule has 0 aromatic carbocycles. The number of ketones is 1. The van der Waals surface area contributed by atoms with E-state index in [-0.39, 0.29) is 213 Å². The predicted octanol–water partition coefficient (Wildman–Crippen LogP) is -6.07. The maximum absolute atomic E-state index is 13.0. The average molecular weight is 984 g/mol. The average Bonchev–Trinajstić information content (AvgIpc) is 4.21. The molecule has 6 saturated heterocycles. The number of amides is 11. The fourth-order valence-corrected chi connectivity index (χ4v) is 9.92. The number of rotatable bonds is 26. The van der Waals surface area contributed by atoms with E-state index >= 15 is 0 Å². The van der Waals surface area contributed by atoms with Gasteiger partial charge in [-0.1, -0.05) is 0 Å². The highest BCUT2D eigenvalue weighted by Gasteiger charge is 2.40. The quantitative estimate of drug-likeness (QED) is 0.0425. The normalized spacial score (nSPS) is 24.7. The second kappa shape index (κ2) is 25.0. The molecule has 6 fully saturated rings. The predicted molar refractivity (Wildman–Crippen MR) is 246 cm³/mol. The van der Waals surface area contributed by atoms with Crippen LogP contribution in [0.4, 0.5) is 0 Å². The second-order valence-corrected chi connectivity index (χ2v) is 19.0. The van der Waals surface area contributed by atoms with Crippen molar-refractivity contribution in [2.45, 2.75) is 51.4 Å². The first kappa shape index (κ1) is 53.1. The minimum Gasteiger partial charge on any atom is -0.355 e. The summed E-state index contributed by atoms with van der Waals surface area (Å²) in [6.45, 7) is 4.01. The van der Waals surface area contributed by atoms with Gasteiger partial charge in [0.25, 0.3) is 0 Å². The summed E-state index contributed by atoms with van der Waals surface area (Å²) in [6, 6.07) is 0. The molecule has 9 N–H and O–H groups in total. The smallest absolute Gasteiger partial charge is 0.225 e. The van der Waals surface area contributed by atoms with Crippen LogP contribution in [0.25, 0.3) is 0 Å². The minimum atomic E-state index is -0.635. The monoisotopic (exact) mass is 984 g/mol. The Morgan fingerprint density at radius 2 is 0.600 bits per heavy atom. The first-order valence-electron chi connectivity index (χ1n) is 24.5. The molecule has 25 heteroatoms. The molecule has 25 nitrogen and oxygen atoms in total. The zero-order valence-electron chi connectivity index (χ0n) is 39.8. The molecule has 6 unspecified atom stereocenters. The molecule has 6 atom stereocenters. The van der Waals surface area contributed by atoms with Gasteiger partial charge in [0, 0.05) is 169 Å². The molecular weight excluding hydrogens is 915 g/mol. The summed E-state index contributed by atoms with van der Waals surface area (Å²) in [5.41, 5.74) is 10.9. The van der Waals surface area contributed by atoms with Gasteiger partial charge in [-0.2, -0.15) is 0 Å². The van der Waals surface area contributed by atoms with Crippen LogP contribution in [0.15, 0.2) is 0 Å². The van der Waals surface area contributed by atoms with Gasteiger partial charge in [-0.05, 0) is 13.0 Å². The van der Waals surface area contributed by atoms with Gasteiger partial charge in [-0.25, -0.2) is 0 Å². The maximum atomic E-state index is 13.0. The molecule has 70 heavy (non-hydrogen) atoms. The number of nitrogens with zero attached hydrogens (tertiary/aromatic N) is 6. The van der Waals surface area contributed by atoms with Crippen LogP contribution < -0.4 is 38.1 Å². The number of hydrogen-bond donors (Lipinski definition) is 7. The number of hydrogen-bond acceptors (Lipinski definition) is 14. The largest absolute Gasteiger partial charge is 0.355 e. The number of carbonyl (C=O) groups excluding carboxylic acids is 12. The van der Waals surface area contributed by atoms with Crippen LogP contribution in [0.2, 0.25) is 0 Å². The lowest BCUT2D eigenvalue weighted by Gasteiger charge is -2.22. The van der Waals surface area contributed by atoms with E-state index in [1.807, 2.05) is 0 Å². The third kappa shape index (κ3) is 14.2. The molecule has 0 radical (unpaired) electrons. The van der Waals surface area contributed by atoms with Crippen molar-refractivity contribution in [3.63, 3.8) is 0 Å². The summed E-state index contributed by atoms with van der Waals surface area (Å²) in [5, 5.41) is 13.8. The first-order valence-corrected chi connectivity index (χ1v) is 24.5. The molecule has 11 amide bonds. The Morgan fingerprint density at radius 3 is 0.871 bits per heavy atom. The van der Waals surface area contributed by atoms with Crippen molar-refractivity contribution in [3.05, 3.63) is 0 Å². The van der Waals surface area contributed by atoms with Crippen LogP contribution in [-0.4, -0.2) is 225 Å². The molecular formula is C45H69N13O12. The third-order valence-electron chi connectivity index (χ3n) is 14.0. The number of nitrogens with two attached hydrogens (primary N) is 2. The Bertz CT molecular complexity index is 1900. The molecule has 6 aliphatic rings. The van der Waals surface area contributed by atoms with E-state index in [1.165, 1.54) is 24.5 Å². The third-order valence-corrected chi connectivity index (χ3v) is 14.0. The van der Waals surface area contributed by atoms with Crippen molar-refractivity contribution in [1.82, 2.24) is 56.0 Å². The van der Waals surface area contributed by atoms with Crippen molar-refractivity contribution in [3.8, 4) is 0 Å². The molecule has 6 rings (SSSR count). The van der Waals surface area contributed by atoms with E-state index in [4.69, 9.17) is 11.5 Å². The lowest BCUT2D eigenvalue weighted by Crippen LogP contribution is -2.41. The summed E-state index contributed by atoms with van der Waals surface area (Å²) in [5.74, 6) is -6.12. The van der Waals surface area contributed by atoms with Gasteiger partial charge in [0.15, 0.2) is 0 Å². The molecule has 0 saturated carbocycles. The summed E-state index contributed by atoms with van der Waals surface area (Å²) >= 11 is 0. The molecule has 386 valence electrons. The van der Waals surface area contributed by atoms with Gasteiger partial charge in [0.05, 0.1) is 29.6 Å². The summed E-state index contributed by atoms with van der Waals surface area (Å²) < 4.78 is 0. The van der Waals surface area contributed by atoms with Crippen LogP contribution in [-0.2, 0) is 57.5 Å². The first-order chi connectivity index (χ1) is 33.5. The van der Waals surface area contributed by atoms with E-state index < -0.39 is 29.6 Å². The Labute approximate surface area is 406 Å². The van der Waals surface area contributed by atoms with E-state index in [0.29, 0.717) is 39.0 Å². The zero-order valence-corrected chi connectivity index (χ0v) is 39.8. The fraction of sp³-hybridized carbons (Fsp3) is 0.733. The number of carbonyl (C=O) groups is 12. The summed E-state index contributed by atoms with van der Waals surface area (Å²) in [6.07, 6.45) is 1.14. The lowest BCUT2D eigenvalue weighted by atomic mass is 9.99. The van der Waals surface area contributed by atoms with Gasteiger partial charge in [-0.15, -0.1) is 0 Å². The molecule has 6 aliphatic heterocycles. The van der Waals surface area contributed by atoms with E-state index in [2.05, 4.69) is 26.6 Å². The summed E-state index contributed by atoms with van der Waals surface area (Å²) in [7, 11) is 0. The number of likely N-dealkylation sites (tertiary alicyclic amines) is 6. The highest BCUT2D eigenvalue weighted by Crippen LogP contribution is 2.24. The SMILES string of the molecule is NCCCC(=O)C1CC(=O)N(CCNC(=O)C2CC(=O)N(CCNC(=O)C3CC(=O)N(CCN4CC(C(=O)NCCN5CC(C(=O)NCCN6CC(C(=O)NCCN)CC6=O)CC5=O)CC4=O)C3)C2)C1. The van der Waals surface area contributed by atoms with Crippen LogP contribution in [0.3, 0.4) is 0 Å². The minimum absolute atomic E-state index is 0.00493. The molecule has 0 aromatic heterocycles. The molecule has 0 aliphatic carbocycles. The van der Waals surface area contributed by atoms with Gasteiger partial charge < -0.3 is 67.5 Å². The van der Waals surface area contributed by atoms with Gasteiger partial charge in [-0.3, -0.25) is 57.5 Å². The van der Waals surface area contributed by atoms with Crippen LogP contribution in [0, 0.1) is 35.5 Å². The van der Waals surface area contributed by atoms with Crippen molar-refractivity contribution >= 4 is 70.8 Å². The van der Waals surface area contributed by atoms with E-state index in [0.717, 1.165) is 0 Å². The number of nitrogens with one attached hydrogen (secondary N) is 5. The van der Waals surface area contributed by atoms with E-state index in [1.54, 1.807) is 4.90 Å². The topological polar surface area (TPSA) is 336 Å². The second-order valence-electron chi connectivity index (χ2n) is 19.0. The lowest BCUT2D eigenvalue weighted by molar-refractivity contribution is -0.131. The van der Waals surface area contributed by atoms with Gasteiger partial charge >= 0.3 is 0 Å². The van der Waals surface area contributed by atoms with Crippen molar-refractivity contribution in [2.75, 3.05) is 124 Å². The Balaban J connectivity index is 0.808. The molecule has 0 bridgehead atoms. The molecule has 0 aromatic rings. The summed E-state index contributed by atoms with van der Waals surface area (Å²) in [4.78, 5) is 161. The molecule has 6 heterocycles. The van der Waals surface area contributed by atoms with Gasteiger partial charge in [0.1, 0.15) is 5.78 Å². The number of Topliss-reactive ketones (excluding diaryl/α,β-unsaturated/α-hetero) is 1. The highest BCUT2D eigenvalue weighted by molar-refractivity contribution is 5.93. The Kier molecular flexibility index (Phi) is 19.0. The maximum Gasteiger partial charge on any atom is 0.225 e. The van der Waals surface area contributed by atoms with E-state index in [9.17, 15) is 57.5 Å². The van der Waals surface area contributed by atoms with Gasteiger partial charge in [0.2, 0.25) is 65.0 Å².